The van der Waals surface area contributed by atoms with Crippen LogP contribution >= 0.6 is 0 Å². The maximum Gasteiger partial charge on any atom is 0.156 e. The van der Waals surface area contributed by atoms with E-state index >= 15 is 0 Å². The van der Waals surface area contributed by atoms with Crippen molar-refractivity contribution in [1.82, 2.24) is 19.5 Å². The summed E-state index contributed by atoms with van der Waals surface area (Å²) < 4.78 is 1.92. The maximum atomic E-state index is 5.72. The lowest BCUT2D eigenvalue weighted by Gasteiger charge is -1.95. The molecular formula is C11H11N5. The number of nitrogens with two attached hydrogens (primary N) is 1. The third-order valence-corrected chi connectivity index (χ3v) is 2.57. The molecule has 5 nitrogen and oxygen atoms in total. The van der Waals surface area contributed by atoms with Crippen LogP contribution in [0.5, 0.6) is 0 Å². The van der Waals surface area contributed by atoms with Crippen molar-refractivity contribution in [2.24, 2.45) is 7.05 Å². The Balaban J connectivity index is 2.23. The van der Waals surface area contributed by atoms with E-state index in [1.54, 1.807) is 12.5 Å². The molecule has 0 atom stereocenters. The number of aryl methyl sites for hydroxylation is 1. The Bertz CT molecular complexity index is 649. The van der Waals surface area contributed by atoms with E-state index in [-0.39, 0.29) is 0 Å². The second-order valence-electron chi connectivity index (χ2n) is 3.75. The van der Waals surface area contributed by atoms with Crippen LogP contribution in [0.25, 0.3) is 22.6 Å². The first kappa shape index (κ1) is 8.96. The monoisotopic (exact) mass is 213 g/mol. The predicted octanol–water partition coefficient (Wildman–Crippen LogP) is 1.55. The predicted molar refractivity (Wildman–Crippen MR) is 62.7 cm³/mol. The lowest BCUT2D eigenvalue weighted by molar-refractivity contribution is 0.913. The van der Waals surface area contributed by atoms with Gasteiger partial charge in [-0.2, -0.15) is 0 Å². The van der Waals surface area contributed by atoms with Crippen LogP contribution in [-0.4, -0.2) is 19.5 Å². The summed E-state index contributed by atoms with van der Waals surface area (Å²) in [5, 5.41) is 0. The Morgan fingerprint density at radius 1 is 1.38 bits per heavy atom. The molecule has 0 saturated heterocycles. The molecule has 3 N–H and O–H groups in total. The first-order valence-electron chi connectivity index (χ1n) is 4.96. The normalized spacial score (nSPS) is 11.1. The summed E-state index contributed by atoms with van der Waals surface area (Å²) in [4.78, 5) is 11.8. The zero-order valence-corrected chi connectivity index (χ0v) is 8.81. The zero-order valence-electron chi connectivity index (χ0n) is 8.81. The number of hydrogen-bond acceptors (Lipinski definition) is 3. The molecule has 0 amide bonds. The largest absolute Gasteiger partial charge is 0.399 e. The first-order valence-corrected chi connectivity index (χ1v) is 4.96. The van der Waals surface area contributed by atoms with Gasteiger partial charge in [0, 0.05) is 12.7 Å². The van der Waals surface area contributed by atoms with Crippen molar-refractivity contribution in [3.63, 3.8) is 0 Å². The van der Waals surface area contributed by atoms with Crippen molar-refractivity contribution < 1.29 is 0 Å². The second kappa shape index (κ2) is 3.10. The van der Waals surface area contributed by atoms with Gasteiger partial charge in [0.15, 0.2) is 5.82 Å². The highest BCUT2D eigenvalue weighted by molar-refractivity contribution is 5.81. The first-order chi connectivity index (χ1) is 7.74. The third kappa shape index (κ3) is 1.25. The standard InChI is InChI=1S/C11H11N5/c1-16-6-13-5-10(16)11-14-8-3-2-7(12)4-9(8)15-11/h2-6H,12H2,1H3,(H,14,15). The Hall–Kier alpha value is -2.30. The maximum absolute atomic E-state index is 5.72. The van der Waals surface area contributed by atoms with E-state index in [1.165, 1.54) is 0 Å². The molecule has 80 valence electrons. The Morgan fingerprint density at radius 3 is 3.00 bits per heavy atom. The van der Waals surface area contributed by atoms with E-state index in [1.807, 2.05) is 29.8 Å². The van der Waals surface area contributed by atoms with Crippen LogP contribution in [0.2, 0.25) is 0 Å². The molecule has 0 aliphatic carbocycles. The highest BCUT2D eigenvalue weighted by Crippen LogP contribution is 2.20. The molecule has 16 heavy (non-hydrogen) atoms. The molecule has 0 saturated carbocycles. The zero-order chi connectivity index (χ0) is 11.1. The number of fused-ring (bicyclic) bond motifs is 1. The third-order valence-electron chi connectivity index (χ3n) is 2.57. The van der Waals surface area contributed by atoms with Gasteiger partial charge in [-0.15, -0.1) is 0 Å². The molecule has 0 spiro atoms. The summed E-state index contributed by atoms with van der Waals surface area (Å²) in [6, 6.07) is 5.62. The van der Waals surface area contributed by atoms with Crippen molar-refractivity contribution in [3.05, 3.63) is 30.7 Å². The lowest BCUT2D eigenvalue weighted by Crippen LogP contribution is -1.90. The fourth-order valence-electron chi connectivity index (χ4n) is 1.73. The van der Waals surface area contributed by atoms with E-state index in [0.29, 0.717) is 0 Å². The molecule has 1 aromatic carbocycles. The van der Waals surface area contributed by atoms with E-state index in [2.05, 4.69) is 15.0 Å². The number of H-pyrrole nitrogens is 1. The van der Waals surface area contributed by atoms with Gasteiger partial charge in [0.05, 0.1) is 23.6 Å². The number of benzene rings is 1. The van der Waals surface area contributed by atoms with Gasteiger partial charge in [0.1, 0.15) is 5.69 Å². The topological polar surface area (TPSA) is 72.5 Å². The van der Waals surface area contributed by atoms with Gasteiger partial charge in [-0.3, -0.25) is 0 Å². The van der Waals surface area contributed by atoms with Crippen molar-refractivity contribution in [3.8, 4) is 11.5 Å². The van der Waals surface area contributed by atoms with Crippen molar-refractivity contribution in [2.45, 2.75) is 0 Å². The summed E-state index contributed by atoms with van der Waals surface area (Å²) in [7, 11) is 1.93. The quantitative estimate of drug-likeness (QED) is 0.602. The molecule has 0 aliphatic heterocycles. The molecule has 0 aliphatic rings. The molecule has 2 aromatic heterocycles. The Morgan fingerprint density at radius 2 is 2.25 bits per heavy atom. The van der Waals surface area contributed by atoms with Crippen LogP contribution in [0, 0.1) is 0 Å². The molecule has 2 heterocycles. The molecule has 3 rings (SSSR count). The SMILES string of the molecule is Cn1cncc1-c1nc2ccc(N)cc2[nH]1. The highest BCUT2D eigenvalue weighted by Gasteiger charge is 2.08. The van der Waals surface area contributed by atoms with Gasteiger partial charge in [0.25, 0.3) is 0 Å². The van der Waals surface area contributed by atoms with Gasteiger partial charge >= 0.3 is 0 Å². The number of aromatic amines is 1. The van der Waals surface area contributed by atoms with Gasteiger partial charge in [0.2, 0.25) is 0 Å². The van der Waals surface area contributed by atoms with E-state index < -0.39 is 0 Å². The van der Waals surface area contributed by atoms with Crippen LogP contribution in [0.4, 0.5) is 5.69 Å². The van der Waals surface area contributed by atoms with Crippen LogP contribution in [-0.2, 0) is 7.05 Å². The molecule has 0 bridgehead atoms. The summed E-state index contributed by atoms with van der Waals surface area (Å²) in [6.07, 6.45) is 3.53. The van der Waals surface area contributed by atoms with Crippen molar-refractivity contribution in [1.29, 1.82) is 0 Å². The molecule has 3 aromatic rings. The highest BCUT2D eigenvalue weighted by atomic mass is 15.1. The Kier molecular flexibility index (Phi) is 1.73. The van der Waals surface area contributed by atoms with E-state index in [4.69, 9.17) is 5.73 Å². The number of nitrogen functional groups attached to an aromatic ring is 1. The van der Waals surface area contributed by atoms with Gasteiger partial charge < -0.3 is 15.3 Å². The number of imidazole rings is 2. The molecule has 0 unspecified atom stereocenters. The summed E-state index contributed by atoms with van der Waals surface area (Å²) in [5.74, 6) is 0.806. The van der Waals surface area contributed by atoms with Crippen molar-refractivity contribution >= 4 is 16.7 Å². The average Bonchev–Trinajstić information content (AvgIpc) is 2.82. The van der Waals surface area contributed by atoms with Crippen molar-refractivity contribution in [2.75, 3.05) is 5.73 Å². The average molecular weight is 213 g/mol. The molecule has 5 heteroatoms. The number of aromatic nitrogens is 4. The second-order valence-corrected chi connectivity index (χ2v) is 3.75. The fraction of sp³-hybridized carbons (Fsp3) is 0.0909. The van der Waals surface area contributed by atoms with Crippen LogP contribution in [0.1, 0.15) is 0 Å². The van der Waals surface area contributed by atoms with Gasteiger partial charge in [-0.1, -0.05) is 0 Å². The molecule has 0 radical (unpaired) electrons. The summed E-state index contributed by atoms with van der Waals surface area (Å²) in [5.41, 5.74) is 9.25. The molecular weight excluding hydrogens is 202 g/mol. The minimum Gasteiger partial charge on any atom is -0.399 e. The number of anilines is 1. The minimum absolute atomic E-state index is 0.729. The smallest absolute Gasteiger partial charge is 0.156 e. The lowest BCUT2D eigenvalue weighted by atomic mass is 10.3. The number of hydrogen-bond donors (Lipinski definition) is 2. The molecule has 0 fully saturated rings. The summed E-state index contributed by atoms with van der Waals surface area (Å²) >= 11 is 0. The fourth-order valence-corrected chi connectivity index (χ4v) is 1.73. The minimum atomic E-state index is 0.729. The Labute approximate surface area is 91.9 Å². The van der Waals surface area contributed by atoms with Gasteiger partial charge in [-0.05, 0) is 18.2 Å². The number of nitrogens with zero attached hydrogens (tertiary/aromatic N) is 3. The van der Waals surface area contributed by atoms with Gasteiger partial charge in [-0.25, -0.2) is 9.97 Å². The number of rotatable bonds is 1. The van der Waals surface area contributed by atoms with Crippen LogP contribution in [0.3, 0.4) is 0 Å². The van der Waals surface area contributed by atoms with Crippen LogP contribution in [0.15, 0.2) is 30.7 Å². The van der Waals surface area contributed by atoms with Crippen LogP contribution < -0.4 is 5.73 Å². The summed E-state index contributed by atoms with van der Waals surface area (Å²) in [6.45, 7) is 0. The van der Waals surface area contributed by atoms with E-state index in [9.17, 15) is 0 Å². The van der Waals surface area contributed by atoms with E-state index in [0.717, 1.165) is 28.2 Å². The number of nitrogens with one attached hydrogen (secondary N) is 1.